The normalized spacial score (nSPS) is 13.1. The molecule has 0 aliphatic rings. The van der Waals surface area contributed by atoms with E-state index in [0.29, 0.717) is 12.5 Å². The molecule has 0 unspecified atom stereocenters. The lowest BCUT2D eigenvalue weighted by Gasteiger charge is -2.17. The van der Waals surface area contributed by atoms with Gasteiger partial charge in [0.2, 0.25) is 5.91 Å². The van der Waals surface area contributed by atoms with Gasteiger partial charge in [-0.25, -0.2) is 4.79 Å². The number of carbonyl (C=O) groups is 3. The number of aromatic amines is 1. The number of hydrogen-bond donors (Lipinski definition) is 3. The van der Waals surface area contributed by atoms with Gasteiger partial charge in [-0.05, 0) is 43.2 Å². The van der Waals surface area contributed by atoms with Crippen LogP contribution in [0.25, 0.3) is 10.9 Å². The average Bonchev–Trinajstić information content (AvgIpc) is 3.13. The average molecular weight is 432 g/mol. The lowest BCUT2D eigenvalue weighted by molar-refractivity contribution is -0.148. The fourth-order valence-electron chi connectivity index (χ4n) is 3.07. The predicted molar refractivity (Wildman–Crippen MR) is 118 cm³/mol. The molecule has 1 aromatic heterocycles. The van der Waals surface area contributed by atoms with Crippen molar-refractivity contribution in [3.05, 3.63) is 36.0 Å². The van der Waals surface area contributed by atoms with Gasteiger partial charge < -0.3 is 25.5 Å². The van der Waals surface area contributed by atoms with Crippen LogP contribution in [0.1, 0.15) is 45.7 Å². The molecule has 0 fully saturated rings. The maximum atomic E-state index is 12.4. The van der Waals surface area contributed by atoms with Crippen molar-refractivity contribution >= 4 is 28.7 Å². The number of ether oxygens (including phenoxy) is 2. The van der Waals surface area contributed by atoms with Crippen LogP contribution in [0.15, 0.2) is 30.3 Å². The molecular weight excluding hydrogens is 398 g/mol. The summed E-state index contributed by atoms with van der Waals surface area (Å²) in [5.74, 6) is -0.980. The largest absolute Gasteiger partial charge is 0.465 e. The Morgan fingerprint density at radius 2 is 1.84 bits per heavy atom. The zero-order chi connectivity index (χ0) is 22.8. The van der Waals surface area contributed by atoms with Gasteiger partial charge in [-0.2, -0.15) is 0 Å². The Morgan fingerprint density at radius 3 is 2.52 bits per heavy atom. The quantitative estimate of drug-likeness (QED) is 0.444. The van der Waals surface area contributed by atoms with Crippen LogP contribution in [-0.2, 0) is 30.3 Å². The number of rotatable bonds is 12. The molecule has 8 nitrogen and oxygen atoms in total. The second kappa shape index (κ2) is 12.1. The third-order valence-corrected chi connectivity index (χ3v) is 4.84. The molecule has 0 bridgehead atoms. The Kier molecular flexibility index (Phi) is 9.52. The van der Waals surface area contributed by atoms with Gasteiger partial charge in [0.25, 0.3) is 0 Å². The van der Waals surface area contributed by atoms with E-state index in [0.717, 1.165) is 23.0 Å². The Bertz CT molecular complexity index is 844. The van der Waals surface area contributed by atoms with E-state index < -0.39 is 24.0 Å². The van der Waals surface area contributed by atoms with Crippen LogP contribution in [0.2, 0.25) is 0 Å². The lowest BCUT2D eigenvalue weighted by Crippen LogP contribution is -2.44. The molecule has 170 valence electrons. The number of hydrogen-bond acceptors (Lipinski definition) is 6. The molecule has 0 saturated carbocycles. The van der Waals surface area contributed by atoms with Crippen LogP contribution in [-0.4, -0.2) is 48.1 Å². The molecule has 31 heavy (non-hydrogen) atoms. The summed E-state index contributed by atoms with van der Waals surface area (Å²) in [7, 11) is 0. The summed E-state index contributed by atoms with van der Waals surface area (Å²) in [6.45, 7) is 6.31. The molecule has 0 aliphatic carbocycles. The first-order valence-corrected chi connectivity index (χ1v) is 10.7. The summed E-state index contributed by atoms with van der Waals surface area (Å²) in [5, 5.41) is 3.73. The highest BCUT2D eigenvalue weighted by molar-refractivity contribution is 5.86. The molecule has 0 saturated heterocycles. The van der Waals surface area contributed by atoms with Crippen LogP contribution in [0.4, 0.5) is 0 Å². The van der Waals surface area contributed by atoms with Gasteiger partial charge in [0.05, 0.1) is 13.2 Å². The minimum Gasteiger partial charge on any atom is -0.465 e. The number of H-pyrrole nitrogens is 1. The van der Waals surface area contributed by atoms with E-state index >= 15 is 0 Å². The molecule has 0 spiro atoms. The summed E-state index contributed by atoms with van der Waals surface area (Å²) in [6.07, 6.45) is 1.16. The van der Waals surface area contributed by atoms with Gasteiger partial charge in [-0.1, -0.05) is 32.0 Å². The first-order valence-electron chi connectivity index (χ1n) is 10.7. The number of esters is 2. The van der Waals surface area contributed by atoms with Crippen LogP contribution in [0.5, 0.6) is 0 Å². The summed E-state index contributed by atoms with van der Waals surface area (Å²) in [6, 6.07) is 7.98. The van der Waals surface area contributed by atoms with Crippen LogP contribution < -0.4 is 11.1 Å². The van der Waals surface area contributed by atoms with Gasteiger partial charge in [-0.15, -0.1) is 0 Å². The second-order valence-corrected chi connectivity index (χ2v) is 7.95. The minimum atomic E-state index is -0.882. The van der Waals surface area contributed by atoms with Gasteiger partial charge in [0.1, 0.15) is 12.1 Å². The predicted octanol–water partition coefficient (Wildman–Crippen LogP) is 2.46. The van der Waals surface area contributed by atoms with Crippen molar-refractivity contribution in [2.45, 2.75) is 58.5 Å². The Labute approximate surface area is 182 Å². The maximum absolute atomic E-state index is 12.4. The van der Waals surface area contributed by atoms with Gasteiger partial charge in [0, 0.05) is 24.1 Å². The molecule has 4 N–H and O–H groups in total. The summed E-state index contributed by atoms with van der Waals surface area (Å²) < 4.78 is 10.2. The van der Waals surface area contributed by atoms with Gasteiger partial charge >= 0.3 is 11.9 Å². The molecule has 1 heterocycles. The Balaban J connectivity index is 1.90. The summed E-state index contributed by atoms with van der Waals surface area (Å²) >= 11 is 0. The standard InChI is InChI=1S/C23H33N3O5/c1-4-30-23(29)20(14-17-13-16-7-5-6-8-19(16)25-17)26-21(27)10-9-18(24)22(28)31-12-11-15(2)3/h5-8,13,15,18,20,25H,4,9-12,14,24H2,1-3H3,(H,26,27)/t18-,20+/m1/s1. The molecule has 2 aromatic rings. The molecule has 1 amide bonds. The third kappa shape index (κ3) is 8.05. The topological polar surface area (TPSA) is 124 Å². The second-order valence-electron chi connectivity index (χ2n) is 7.95. The number of nitrogens with two attached hydrogens (primary N) is 1. The van der Waals surface area contributed by atoms with Crippen molar-refractivity contribution in [3.63, 3.8) is 0 Å². The van der Waals surface area contributed by atoms with Crippen molar-refractivity contribution in [2.24, 2.45) is 11.7 Å². The molecule has 2 rings (SSSR count). The van der Waals surface area contributed by atoms with Crippen LogP contribution in [0, 0.1) is 5.92 Å². The third-order valence-electron chi connectivity index (χ3n) is 4.84. The molecular formula is C23H33N3O5. The van der Waals surface area contributed by atoms with Crippen molar-refractivity contribution in [1.82, 2.24) is 10.3 Å². The van der Waals surface area contributed by atoms with E-state index in [1.165, 1.54) is 0 Å². The number of nitrogens with one attached hydrogen (secondary N) is 2. The van der Waals surface area contributed by atoms with E-state index in [4.69, 9.17) is 15.2 Å². The Morgan fingerprint density at radius 1 is 1.10 bits per heavy atom. The summed E-state index contributed by atoms with van der Waals surface area (Å²) in [5.41, 5.74) is 7.60. The monoisotopic (exact) mass is 431 g/mol. The van der Waals surface area contributed by atoms with E-state index in [9.17, 15) is 14.4 Å². The first kappa shape index (κ1) is 24.4. The van der Waals surface area contributed by atoms with Crippen molar-refractivity contribution in [2.75, 3.05) is 13.2 Å². The van der Waals surface area contributed by atoms with Crippen LogP contribution in [0.3, 0.4) is 0 Å². The highest BCUT2D eigenvalue weighted by Gasteiger charge is 2.24. The highest BCUT2D eigenvalue weighted by Crippen LogP contribution is 2.16. The number of benzene rings is 1. The van der Waals surface area contributed by atoms with Gasteiger partial charge in [0.15, 0.2) is 0 Å². The minimum absolute atomic E-state index is 0.00303. The number of amides is 1. The molecule has 0 aliphatic heterocycles. The number of aromatic nitrogens is 1. The number of fused-ring (bicyclic) bond motifs is 1. The van der Waals surface area contributed by atoms with E-state index in [1.807, 2.05) is 44.2 Å². The van der Waals surface area contributed by atoms with E-state index in [1.54, 1.807) is 6.92 Å². The fraction of sp³-hybridized carbons (Fsp3) is 0.522. The number of carbonyl (C=O) groups excluding carboxylic acids is 3. The Hall–Kier alpha value is -2.87. The van der Waals surface area contributed by atoms with E-state index in [-0.39, 0.29) is 31.8 Å². The zero-order valence-electron chi connectivity index (χ0n) is 18.5. The van der Waals surface area contributed by atoms with Crippen molar-refractivity contribution in [3.8, 4) is 0 Å². The van der Waals surface area contributed by atoms with E-state index in [2.05, 4.69) is 10.3 Å². The van der Waals surface area contributed by atoms with Crippen molar-refractivity contribution < 1.29 is 23.9 Å². The summed E-state index contributed by atoms with van der Waals surface area (Å²) in [4.78, 5) is 40.0. The molecule has 0 radical (unpaired) electrons. The number of para-hydroxylation sites is 1. The first-order chi connectivity index (χ1) is 14.8. The highest BCUT2D eigenvalue weighted by atomic mass is 16.5. The molecule has 1 aromatic carbocycles. The fourth-order valence-corrected chi connectivity index (χ4v) is 3.07. The maximum Gasteiger partial charge on any atom is 0.329 e. The smallest absolute Gasteiger partial charge is 0.329 e. The van der Waals surface area contributed by atoms with Crippen LogP contribution >= 0.6 is 0 Å². The molecule has 8 heteroatoms. The zero-order valence-corrected chi connectivity index (χ0v) is 18.5. The van der Waals surface area contributed by atoms with Crippen molar-refractivity contribution in [1.29, 1.82) is 0 Å². The SMILES string of the molecule is CCOC(=O)[C@H](Cc1cc2ccccc2[nH]1)NC(=O)CC[C@@H](N)C(=O)OCCC(C)C. The lowest BCUT2D eigenvalue weighted by atomic mass is 10.1. The van der Waals surface area contributed by atoms with Gasteiger partial charge in [-0.3, -0.25) is 9.59 Å². The molecule has 2 atom stereocenters.